The molecule has 0 bridgehead atoms. The van der Waals surface area contributed by atoms with Gasteiger partial charge in [-0.25, -0.2) is 0 Å². The molecular formula is C61H110N6O22. The van der Waals surface area contributed by atoms with Crippen molar-refractivity contribution in [2.24, 2.45) is 17.8 Å². The molecule has 0 radical (unpaired) electrons. The van der Waals surface area contributed by atoms with Gasteiger partial charge in [0.25, 0.3) is 0 Å². The van der Waals surface area contributed by atoms with Crippen molar-refractivity contribution < 1.29 is 108 Å². The maximum absolute atomic E-state index is 14.1. The van der Waals surface area contributed by atoms with Crippen LogP contribution in [0.3, 0.4) is 0 Å². The van der Waals surface area contributed by atoms with Crippen molar-refractivity contribution in [1.29, 1.82) is 0 Å². The number of unbranched alkanes of at least 4 members (excludes halogenated alkanes) is 8. The third-order valence-corrected chi connectivity index (χ3v) is 16.2. The van der Waals surface area contributed by atoms with E-state index in [2.05, 4.69) is 26.6 Å². The van der Waals surface area contributed by atoms with E-state index in [0.717, 1.165) is 0 Å². The molecule has 3 aliphatic heterocycles. The fourth-order valence-corrected chi connectivity index (χ4v) is 10.8. The van der Waals surface area contributed by atoms with E-state index in [-0.39, 0.29) is 93.0 Å². The molecule has 516 valence electrons. The Balaban J connectivity index is 1.43. The monoisotopic (exact) mass is 1280 g/mol. The number of carbonyl (C=O) groups is 7. The van der Waals surface area contributed by atoms with Crippen LogP contribution in [-0.4, -0.2) is 257 Å². The lowest BCUT2D eigenvalue weighted by molar-refractivity contribution is -0.282. The summed E-state index contributed by atoms with van der Waals surface area (Å²) >= 11 is 0. The zero-order valence-corrected chi connectivity index (χ0v) is 53.2. The predicted molar refractivity (Wildman–Crippen MR) is 322 cm³/mol. The summed E-state index contributed by atoms with van der Waals surface area (Å²) in [5, 5.41) is 104. The highest BCUT2D eigenvalue weighted by Crippen LogP contribution is 2.29. The highest BCUT2D eigenvalue weighted by molar-refractivity contribution is 5.87. The normalized spacial score (nSPS) is 27.4. The Morgan fingerprint density at radius 3 is 1.26 bits per heavy atom. The minimum atomic E-state index is -1.42. The fourth-order valence-electron chi connectivity index (χ4n) is 10.8. The van der Waals surface area contributed by atoms with Gasteiger partial charge in [0, 0.05) is 96.9 Å². The second-order valence-corrected chi connectivity index (χ2v) is 24.3. The number of ether oxygens (including phenoxy) is 6. The van der Waals surface area contributed by atoms with Crippen LogP contribution in [0, 0.1) is 17.8 Å². The lowest BCUT2D eigenvalue weighted by atomic mass is 9.92. The van der Waals surface area contributed by atoms with E-state index < -0.39 is 123 Å². The van der Waals surface area contributed by atoms with Crippen molar-refractivity contribution in [2.75, 3.05) is 78.9 Å². The largest absolute Gasteiger partial charge is 0.394 e. The summed E-state index contributed by atoms with van der Waals surface area (Å²) in [6, 6.07) is -1.79. The second-order valence-electron chi connectivity index (χ2n) is 24.3. The summed E-state index contributed by atoms with van der Waals surface area (Å²) in [5.41, 5.74) is 0. The maximum atomic E-state index is 14.1. The number of hydrogen-bond donors (Lipinski definition) is 14. The summed E-state index contributed by atoms with van der Waals surface area (Å²) in [6.45, 7) is 8.71. The van der Waals surface area contributed by atoms with Gasteiger partial charge in [0.15, 0.2) is 18.9 Å². The molecule has 14 N–H and O–H groups in total. The topological polar surface area (TPSA) is 420 Å². The molecule has 3 rings (SSSR count). The minimum absolute atomic E-state index is 0.0341. The van der Waals surface area contributed by atoms with E-state index in [1.165, 1.54) is 6.92 Å². The summed E-state index contributed by atoms with van der Waals surface area (Å²) in [4.78, 5) is 92.4. The Labute approximate surface area is 524 Å². The minimum Gasteiger partial charge on any atom is -0.394 e. The van der Waals surface area contributed by atoms with Gasteiger partial charge in [-0.05, 0) is 83.0 Å². The molecule has 3 aliphatic rings. The number of aliphatic hydroxyl groups is 9. The van der Waals surface area contributed by atoms with Gasteiger partial charge in [0.1, 0.15) is 60.3 Å². The van der Waals surface area contributed by atoms with Gasteiger partial charge in [0.2, 0.25) is 29.5 Å². The molecule has 3 heterocycles. The van der Waals surface area contributed by atoms with Crippen LogP contribution in [0.15, 0.2) is 0 Å². The number of nitrogens with zero attached hydrogens (tertiary/aromatic N) is 1. The molecule has 16 atom stereocenters. The molecule has 3 fully saturated rings. The van der Waals surface area contributed by atoms with Gasteiger partial charge in [-0.3, -0.25) is 38.5 Å². The number of aliphatic hydroxyl groups excluding tert-OH is 9. The van der Waals surface area contributed by atoms with Crippen LogP contribution in [0.1, 0.15) is 163 Å². The van der Waals surface area contributed by atoms with Crippen molar-refractivity contribution in [3.8, 4) is 0 Å². The van der Waals surface area contributed by atoms with E-state index in [0.29, 0.717) is 136 Å². The van der Waals surface area contributed by atoms with Gasteiger partial charge in [-0.1, -0.05) is 47.0 Å². The smallest absolute Gasteiger partial charge is 0.234 e. The first kappa shape index (κ1) is 79.3. The molecule has 0 aromatic carbocycles. The third-order valence-electron chi connectivity index (χ3n) is 16.2. The van der Waals surface area contributed by atoms with Crippen LogP contribution in [-0.2, 0) is 62.0 Å². The molecule has 0 spiro atoms. The second kappa shape index (κ2) is 44.6. The lowest BCUT2D eigenvalue weighted by Crippen LogP contribution is -2.64. The molecule has 7 unspecified atom stereocenters. The van der Waals surface area contributed by atoms with E-state index in [1.807, 2.05) is 13.8 Å². The Morgan fingerprint density at radius 2 is 0.831 bits per heavy atom. The fraction of sp³-hybridized carbons (Fsp3) is 0.885. The summed E-state index contributed by atoms with van der Waals surface area (Å²) in [6.07, 6.45) is -3.68. The van der Waals surface area contributed by atoms with Gasteiger partial charge >= 0.3 is 0 Å². The molecule has 0 aliphatic carbocycles. The average molecular weight is 1280 g/mol. The van der Waals surface area contributed by atoms with Crippen molar-refractivity contribution in [2.45, 2.75) is 249 Å². The SMILES string of the molecule is CC(=O)N[C@H]1C(O)[C@@H](O)C(CO)O[C@H]1OCCCCCC(=O)NCCCCC(=O)CN(CC(=O)NCCCNC(=O)CCCCCO[C@@H]1OC(CO)[C@H](O)C(O)[C@@H]1C)C(CC(C)C)C(=O)CCCCNC(=O)CCCCCO[C@@H]1OC(CO)[C@H](O)C(O)[C@@H]1C. The van der Waals surface area contributed by atoms with Gasteiger partial charge in [-0.15, -0.1) is 0 Å². The molecule has 0 aromatic rings. The highest BCUT2D eigenvalue weighted by atomic mass is 16.7. The molecule has 3 saturated heterocycles. The third kappa shape index (κ3) is 30.1. The molecule has 0 saturated carbocycles. The number of Topliss-reactive ketones (excluding diaryl/α,β-unsaturated/α-hetero) is 2. The molecule has 89 heavy (non-hydrogen) atoms. The Kier molecular flexibility index (Phi) is 39.7. The highest BCUT2D eigenvalue weighted by Gasteiger charge is 2.46. The Bertz CT molecular complexity index is 2050. The molecule has 0 aromatic heterocycles. The first-order valence-electron chi connectivity index (χ1n) is 32.4. The van der Waals surface area contributed by atoms with Crippen molar-refractivity contribution in [1.82, 2.24) is 31.5 Å². The number of amides is 5. The molecular weight excluding hydrogens is 1170 g/mol. The van der Waals surface area contributed by atoms with Gasteiger partial charge in [-0.2, -0.15) is 0 Å². The Morgan fingerprint density at radius 1 is 0.449 bits per heavy atom. The zero-order chi connectivity index (χ0) is 65.8. The predicted octanol–water partition coefficient (Wildman–Crippen LogP) is -1.14. The number of rotatable bonds is 47. The molecule has 5 amide bonds. The maximum Gasteiger partial charge on any atom is 0.234 e. The van der Waals surface area contributed by atoms with Crippen LogP contribution in [0.25, 0.3) is 0 Å². The first-order valence-corrected chi connectivity index (χ1v) is 32.4. The summed E-state index contributed by atoms with van der Waals surface area (Å²) < 4.78 is 34.0. The number of hydrogen-bond acceptors (Lipinski definition) is 23. The molecule has 28 nitrogen and oxygen atoms in total. The van der Waals surface area contributed by atoms with Crippen molar-refractivity contribution >= 4 is 41.1 Å². The van der Waals surface area contributed by atoms with E-state index >= 15 is 0 Å². The van der Waals surface area contributed by atoms with Gasteiger partial charge in [0.05, 0.1) is 51.2 Å². The summed E-state index contributed by atoms with van der Waals surface area (Å²) in [5.74, 6) is -2.56. The number of nitrogens with one attached hydrogen (secondary N) is 5. The average Bonchev–Trinajstić information content (AvgIpc) is 1.58. The molecule has 28 heteroatoms. The van der Waals surface area contributed by atoms with Gasteiger partial charge < -0.3 is 101 Å². The zero-order valence-electron chi connectivity index (χ0n) is 53.2. The van der Waals surface area contributed by atoms with Crippen LogP contribution in [0.5, 0.6) is 0 Å². The van der Waals surface area contributed by atoms with Crippen LogP contribution < -0.4 is 26.6 Å². The van der Waals surface area contributed by atoms with Crippen LogP contribution in [0.4, 0.5) is 0 Å². The lowest BCUT2D eigenvalue weighted by Gasteiger charge is -2.42. The van der Waals surface area contributed by atoms with Crippen LogP contribution in [0.2, 0.25) is 0 Å². The van der Waals surface area contributed by atoms with Crippen LogP contribution >= 0.6 is 0 Å². The van der Waals surface area contributed by atoms with Crippen molar-refractivity contribution in [3.63, 3.8) is 0 Å². The van der Waals surface area contributed by atoms with Crippen molar-refractivity contribution in [3.05, 3.63) is 0 Å². The van der Waals surface area contributed by atoms with E-state index in [1.54, 1.807) is 18.7 Å². The first-order chi connectivity index (χ1) is 42.5. The number of ketones is 2. The number of carbonyl (C=O) groups excluding carboxylic acids is 7. The summed E-state index contributed by atoms with van der Waals surface area (Å²) in [7, 11) is 0. The standard InChI is InChI=1S/C61H110N6O22/c1-38(2)32-43(44(73)21-13-15-26-63-49(75)22-9-6-16-29-84-59-39(3)53(78)55(80)45(35-68)87-59)67(34-51(77)65-28-19-27-64-50(76)24-10-7-17-30-85-60-40(4)54(79)56(81)46(36-69)88-60)33-42(72)20-12-14-25-62-48(74)23-11-8-18-31-86-61-52(66-41(5)71)58(83)57(82)47(37-70)89-61/h38-40,43,45-47,52-61,68-70,78-83H,6-37H2,1-5H3,(H,62,74)(H,63,75)(H,64,76)(H,65,77)(H,66,71)/t39-,40-,43?,45?,46?,47?,52-,53?,54?,55-,56-,57-,58?,59+,60+,61+/m0/s1. The van der Waals surface area contributed by atoms with E-state index in [9.17, 15) is 79.5 Å². The quantitative estimate of drug-likeness (QED) is 0.0320. The van der Waals surface area contributed by atoms with E-state index in [4.69, 9.17) is 28.4 Å². The Hall–Kier alpha value is -3.95.